The van der Waals surface area contributed by atoms with Crippen molar-refractivity contribution in [2.75, 3.05) is 12.4 Å². The number of esters is 1. The number of nitrogens with one attached hydrogen (secondary N) is 1. The number of ether oxygens (including phenoxy) is 1. The van der Waals surface area contributed by atoms with Gasteiger partial charge in [0.25, 0.3) is 0 Å². The van der Waals surface area contributed by atoms with Gasteiger partial charge in [-0.05, 0) is 24.3 Å². The Bertz CT molecular complexity index is 707. The lowest BCUT2D eigenvalue weighted by Gasteiger charge is -2.08. The molecule has 0 spiro atoms. The Morgan fingerprint density at radius 1 is 1.26 bits per heavy atom. The summed E-state index contributed by atoms with van der Waals surface area (Å²) in [6.45, 7) is 0.0136. The van der Waals surface area contributed by atoms with E-state index >= 15 is 0 Å². The van der Waals surface area contributed by atoms with Crippen LogP contribution in [-0.2, 0) is 16.1 Å². The van der Waals surface area contributed by atoms with Crippen molar-refractivity contribution in [3.63, 3.8) is 0 Å². The highest BCUT2D eigenvalue weighted by Gasteiger charge is 2.14. The molecule has 23 heavy (non-hydrogen) atoms. The maximum atomic E-state index is 11.9. The number of rotatable bonds is 7. The van der Waals surface area contributed by atoms with E-state index in [-0.39, 0.29) is 18.3 Å². The highest BCUT2D eigenvalue weighted by Crippen LogP contribution is 2.23. The molecule has 0 fully saturated rings. The van der Waals surface area contributed by atoms with Gasteiger partial charge in [0.15, 0.2) is 6.61 Å². The number of nitriles is 1. The minimum absolute atomic E-state index is 0.156. The molecule has 0 bridgehead atoms. The molecule has 0 atom stereocenters. The highest BCUT2D eigenvalue weighted by molar-refractivity contribution is 8.00. The van der Waals surface area contributed by atoms with E-state index in [1.54, 1.807) is 48.7 Å². The van der Waals surface area contributed by atoms with Crippen molar-refractivity contribution in [2.24, 2.45) is 0 Å². The van der Waals surface area contributed by atoms with E-state index in [0.29, 0.717) is 22.8 Å². The maximum Gasteiger partial charge on any atom is 0.340 e. The van der Waals surface area contributed by atoms with Crippen molar-refractivity contribution in [2.45, 2.75) is 11.4 Å². The van der Waals surface area contributed by atoms with Crippen LogP contribution in [0.3, 0.4) is 0 Å². The molecular formula is C16H14N2O4S. The first-order valence-electron chi connectivity index (χ1n) is 6.75. The molecule has 1 N–H and O–H groups in total. The number of carbonyl (C=O) groups is 2. The lowest BCUT2D eigenvalue weighted by atomic mass is 10.2. The maximum absolute atomic E-state index is 11.9. The quantitative estimate of drug-likeness (QED) is 0.619. The molecular weight excluding hydrogens is 316 g/mol. The third kappa shape index (κ3) is 5.20. The SMILES string of the molecule is N#CCOC(=O)c1ccccc1SCC(=O)NCc1ccco1. The number of carbonyl (C=O) groups excluding carboxylic acids is 2. The van der Waals surface area contributed by atoms with E-state index < -0.39 is 5.97 Å². The molecule has 2 rings (SSSR count). The number of furan rings is 1. The van der Waals surface area contributed by atoms with E-state index in [2.05, 4.69) is 5.32 Å². The van der Waals surface area contributed by atoms with Crippen LogP contribution in [-0.4, -0.2) is 24.2 Å². The van der Waals surface area contributed by atoms with Crippen molar-refractivity contribution in [1.82, 2.24) is 5.32 Å². The summed E-state index contributed by atoms with van der Waals surface area (Å²) in [6, 6.07) is 12.1. The van der Waals surface area contributed by atoms with E-state index in [4.69, 9.17) is 14.4 Å². The zero-order valence-electron chi connectivity index (χ0n) is 12.2. The van der Waals surface area contributed by atoms with Crippen LogP contribution < -0.4 is 5.32 Å². The molecule has 1 amide bonds. The fraction of sp³-hybridized carbons (Fsp3) is 0.188. The first kappa shape index (κ1) is 16.6. The average Bonchev–Trinajstić information content (AvgIpc) is 3.09. The first-order chi connectivity index (χ1) is 11.2. The van der Waals surface area contributed by atoms with Gasteiger partial charge in [0.05, 0.1) is 24.1 Å². The molecule has 6 nitrogen and oxygen atoms in total. The second-order valence-corrected chi connectivity index (χ2v) is 5.39. The van der Waals surface area contributed by atoms with Crippen molar-refractivity contribution in [3.8, 4) is 6.07 Å². The van der Waals surface area contributed by atoms with Gasteiger partial charge in [-0.2, -0.15) is 5.26 Å². The van der Waals surface area contributed by atoms with Crippen molar-refractivity contribution >= 4 is 23.6 Å². The molecule has 0 saturated carbocycles. The molecule has 1 heterocycles. The summed E-state index contributed by atoms with van der Waals surface area (Å²) in [6.07, 6.45) is 1.54. The van der Waals surface area contributed by atoms with Gasteiger partial charge < -0.3 is 14.5 Å². The fourth-order valence-corrected chi connectivity index (χ4v) is 2.60. The third-order valence-electron chi connectivity index (χ3n) is 2.77. The summed E-state index contributed by atoms with van der Waals surface area (Å²) in [5, 5.41) is 11.2. The van der Waals surface area contributed by atoms with Crippen LogP contribution in [0.1, 0.15) is 16.1 Å². The monoisotopic (exact) mass is 330 g/mol. The summed E-state index contributed by atoms with van der Waals surface area (Å²) < 4.78 is 9.92. The molecule has 0 aliphatic heterocycles. The summed E-state index contributed by atoms with van der Waals surface area (Å²) in [7, 11) is 0. The molecule has 0 unspecified atom stereocenters. The fourth-order valence-electron chi connectivity index (χ4n) is 1.73. The number of amides is 1. The molecule has 1 aromatic heterocycles. The van der Waals surface area contributed by atoms with E-state index in [9.17, 15) is 9.59 Å². The van der Waals surface area contributed by atoms with Crippen LogP contribution in [0, 0.1) is 11.3 Å². The average molecular weight is 330 g/mol. The van der Waals surface area contributed by atoms with Gasteiger partial charge in [-0.15, -0.1) is 11.8 Å². The topological polar surface area (TPSA) is 92.3 Å². The molecule has 118 valence electrons. The number of thioether (sulfide) groups is 1. The second-order valence-electron chi connectivity index (χ2n) is 4.38. The predicted octanol–water partition coefficient (Wildman–Crippen LogP) is 2.37. The van der Waals surface area contributed by atoms with Crippen LogP contribution in [0.5, 0.6) is 0 Å². The Hall–Kier alpha value is -2.72. The summed E-state index contributed by atoms with van der Waals surface area (Å²) >= 11 is 1.23. The van der Waals surface area contributed by atoms with Crippen molar-refractivity contribution < 1.29 is 18.7 Å². The molecule has 7 heteroatoms. The van der Waals surface area contributed by atoms with Crippen LogP contribution in [0.25, 0.3) is 0 Å². The Morgan fingerprint density at radius 2 is 2.09 bits per heavy atom. The minimum atomic E-state index is -0.578. The molecule has 0 saturated heterocycles. The largest absolute Gasteiger partial charge is 0.467 e. The van der Waals surface area contributed by atoms with Crippen LogP contribution in [0.15, 0.2) is 52.0 Å². The molecule has 1 aromatic carbocycles. The number of nitrogens with zero attached hydrogens (tertiary/aromatic N) is 1. The third-order valence-corrected chi connectivity index (χ3v) is 3.85. The Balaban J connectivity index is 1.88. The molecule has 0 aliphatic carbocycles. The Kier molecular flexibility index (Phi) is 6.27. The molecule has 0 aliphatic rings. The second kappa shape index (κ2) is 8.66. The minimum Gasteiger partial charge on any atom is -0.467 e. The summed E-state index contributed by atoms with van der Waals surface area (Å²) in [5.74, 6) is 0.0737. The van der Waals surface area contributed by atoms with Crippen molar-refractivity contribution in [1.29, 1.82) is 5.26 Å². The van der Waals surface area contributed by atoms with E-state index in [1.165, 1.54) is 11.8 Å². The summed E-state index contributed by atoms with van der Waals surface area (Å²) in [4.78, 5) is 24.3. The van der Waals surface area contributed by atoms with Gasteiger partial charge in [0.1, 0.15) is 11.8 Å². The molecule has 2 aromatic rings. The van der Waals surface area contributed by atoms with Gasteiger partial charge in [-0.3, -0.25) is 4.79 Å². The standard InChI is InChI=1S/C16H14N2O4S/c17-7-9-22-16(20)13-5-1-2-6-14(13)23-11-15(19)18-10-12-4-3-8-21-12/h1-6,8H,9-11H2,(H,18,19). The van der Waals surface area contributed by atoms with Gasteiger partial charge in [-0.25, -0.2) is 4.79 Å². The zero-order chi connectivity index (χ0) is 16.5. The number of benzene rings is 1. The van der Waals surface area contributed by atoms with Gasteiger partial charge in [-0.1, -0.05) is 12.1 Å². The normalized spacial score (nSPS) is 9.87. The number of hydrogen-bond acceptors (Lipinski definition) is 6. The predicted molar refractivity (Wildman–Crippen MR) is 83.6 cm³/mol. The lowest BCUT2D eigenvalue weighted by Crippen LogP contribution is -2.24. The molecule has 0 radical (unpaired) electrons. The number of hydrogen-bond donors (Lipinski definition) is 1. The van der Waals surface area contributed by atoms with Crippen LogP contribution in [0.4, 0.5) is 0 Å². The first-order valence-corrected chi connectivity index (χ1v) is 7.74. The highest BCUT2D eigenvalue weighted by atomic mass is 32.2. The van der Waals surface area contributed by atoms with Gasteiger partial charge in [0.2, 0.25) is 5.91 Å². The Labute approximate surface area is 137 Å². The smallest absolute Gasteiger partial charge is 0.340 e. The van der Waals surface area contributed by atoms with E-state index in [0.717, 1.165) is 0 Å². The Morgan fingerprint density at radius 3 is 2.83 bits per heavy atom. The van der Waals surface area contributed by atoms with Crippen molar-refractivity contribution in [3.05, 3.63) is 54.0 Å². The summed E-state index contributed by atoms with van der Waals surface area (Å²) in [5.41, 5.74) is 0.339. The lowest BCUT2D eigenvalue weighted by molar-refractivity contribution is -0.118. The van der Waals surface area contributed by atoms with Gasteiger partial charge >= 0.3 is 5.97 Å². The van der Waals surface area contributed by atoms with E-state index in [1.807, 2.05) is 0 Å². The van der Waals surface area contributed by atoms with Gasteiger partial charge in [0, 0.05) is 4.90 Å². The van der Waals surface area contributed by atoms with Crippen LogP contribution in [0.2, 0.25) is 0 Å². The zero-order valence-corrected chi connectivity index (χ0v) is 13.0. The van der Waals surface area contributed by atoms with Crippen LogP contribution >= 0.6 is 11.8 Å².